The van der Waals surface area contributed by atoms with Crippen LogP contribution in [0.25, 0.3) is 5.69 Å². The van der Waals surface area contributed by atoms with Crippen LogP contribution in [0.4, 0.5) is 4.39 Å². The summed E-state index contributed by atoms with van der Waals surface area (Å²) in [5.41, 5.74) is 1.30. The van der Waals surface area contributed by atoms with Gasteiger partial charge in [0.25, 0.3) is 5.91 Å². The number of halogens is 2. The van der Waals surface area contributed by atoms with Crippen LogP contribution < -0.4 is 0 Å². The monoisotopic (exact) mass is 338 g/mol. The summed E-state index contributed by atoms with van der Waals surface area (Å²) in [4.78, 5) is 14.2. The molecule has 122 valence electrons. The van der Waals surface area contributed by atoms with Gasteiger partial charge in [-0.3, -0.25) is 4.79 Å². The molecule has 1 aromatic heterocycles. The molecule has 1 amide bonds. The Bertz CT molecular complexity index is 745. The van der Waals surface area contributed by atoms with Crippen LogP contribution in [0.5, 0.6) is 0 Å². The third-order valence-corrected chi connectivity index (χ3v) is 4.12. The van der Waals surface area contributed by atoms with Gasteiger partial charge in [0, 0.05) is 12.6 Å². The van der Waals surface area contributed by atoms with E-state index in [4.69, 9.17) is 16.7 Å². The molecule has 1 aliphatic rings. The number of aromatic nitrogens is 3. The van der Waals surface area contributed by atoms with Crippen LogP contribution in [0.3, 0.4) is 0 Å². The summed E-state index contributed by atoms with van der Waals surface area (Å²) in [6.45, 7) is 1.90. The maximum absolute atomic E-state index is 13.3. The molecule has 3 rings (SSSR count). The number of rotatable bonds is 5. The lowest BCUT2D eigenvalue weighted by molar-refractivity contribution is 0.0701. The number of aliphatic hydroxyl groups is 1. The molecule has 1 saturated carbocycles. The van der Waals surface area contributed by atoms with E-state index in [0.29, 0.717) is 11.4 Å². The number of aliphatic hydroxyl groups excluding tert-OH is 1. The fraction of sp³-hybridized carbons (Fsp3) is 0.400. The Morgan fingerprint density at radius 3 is 2.87 bits per heavy atom. The predicted octanol–water partition coefficient (Wildman–Crippen LogP) is 1.97. The molecule has 0 atom stereocenters. The summed E-state index contributed by atoms with van der Waals surface area (Å²) in [7, 11) is 0. The lowest BCUT2D eigenvalue weighted by Gasteiger charge is -2.20. The third kappa shape index (κ3) is 3.07. The minimum Gasteiger partial charge on any atom is -0.395 e. The first-order valence-electron chi connectivity index (χ1n) is 7.32. The Hall–Kier alpha value is -1.99. The van der Waals surface area contributed by atoms with E-state index in [1.54, 1.807) is 11.8 Å². The van der Waals surface area contributed by atoms with Gasteiger partial charge in [-0.05, 0) is 38.0 Å². The molecular weight excluding hydrogens is 323 g/mol. The van der Waals surface area contributed by atoms with E-state index in [9.17, 15) is 9.18 Å². The SMILES string of the molecule is Cc1c(C(=O)N(CCO)C2CC2)nnn1-c1ccc(F)c(Cl)c1. The highest BCUT2D eigenvalue weighted by Gasteiger charge is 2.34. The molecule has 0 saturated heterocycles. The topological polar surface area (TPSA) is 71.2 Å². The Morgan fingerprint density at radius 1 is 1.52 bits per heavy atom. The highest BCUT2D eigenvalue weighted by molar-refractivity contribution is 6.30. The molecule has 2 aromatic rings. The van der Waals surface area contributed by atoms with E-state index in [0.717, 1.165) is 12.8 Å². The van der Waals surface area contributed by atoms with E-state index in [2.05, 4.69) is 10.3 Å². The number of nitrogens with zero attached hydrogens (tertiary/aromatic N) is 4. The van der Waals surface area contributed by atoms with Gasteiger partial charge < -0.3 is 10.0 Å². The molecule has 1 fully saturated rings. The van der Waals surface area contributed by atoms with Gasteiger partial charge in [0.15, 0.2) is 5.69 Å². The van der Waals surface area contributed by atoms with Crippen molar-refractivity contribution in [2.75, 3.05) is 13.2 Å². The molecule has 0 radical (unpaired) electrons. The summed E-state index contributed by atoms with van der Waals surface area (Å²) in [6, 6.07) is 4.35. The lowest BCUT2D eigenvalue weighted by atomic mass is 10.2. The second-order valence-electron chi connectivity index (χ2n) is 5.49. The first-order valence-corrected chi connectivity index (χ1v) is 7.70. The molecule has 0 aliphatic heterocycles. The largest absolute Gasteiger partial charge is 0.395 e. The van der Waals surface area contributed by atoms with E-state index in [1.165, 1.54) is 22.9 Å². The van der Waals surface area contributed by atoms with Crippen LogP contribution in [0.1, 0.15) is 29.0 Å². The minimum absolute atomic E-state index is 0.0230. The average molecular weight is 339 g/mol. The van der Waals surface area contributed by atoms with E-state index < -0.39 is 5.82 Å². The maximum Gasteiger partial charge on any atom is 0.276 e. The molecule has 6 nitrogen and oxygen atoms in total. The normalized spacial score (nSPS) is 14.1. The predicted molar refractivity (Wildman–Crippen MR) is 82.2 cm³/mol. The van der Waals surface area contributed by atoms with Crippen LogP contribution in [0.15, 0.2) is 18.2 Å². The van der Waals surface area contributed by atoms with Gasteiger partial charge >= 0.3 is 0 Å². The van der Waals surface area contributed by atoms with Gasteiger partial charge in [-0.2, -0.15) is 0 Å². The Kier molecular flexibility index (Phi) is 4.32. The number of carbonyl (C=O) groups excluding carboxylic acids is 1. The van der Waals surface area contributed by atoms with Crippen LogP contribution in [0.2, 0.25) is 5.02 Å². The molecule has 1 N–H and O–H groups in total. The third-order valence-electron chi connectivity index (χ3n) is 3.83. The Morgan fingerprint density at radius 2 is 2.26 bits per heavy atom. The van der Waals surface area contributed by atoms with Gasteiger partial charge in [-0.1, -0.05) is 16.8 Å². The molecule has 1 heterocycles. The van der Waals surface area contributed by atoms with Gasteiger partial charge in [-0.25, -0.2) is 9.07 Å². The van der Waals surface area contributed by atoms with Crippen LogP contribution in [-0.2, 0) is 0 Å². The minimum atomic E-state index is -0.521. The Balaban J connectivity index is 1.92. The summed E-state index contributed by atoms with van der Waals surface area (Å²) in [5, 5.41) is 17.0. The summed E-state index contributed by atoms with van der Waals surface area (Å²) >= 11 is 5.79. The van der Waals surface area contributed by atoms with Crippen molar-refractivity contribution in [2.24, 2.45) is 0 Å². The number of hydrogen-bond acceptors (Lipinski definition) is 4. The second kappa shape index (κ2) is 6.25. The highest BCUT2D eigenvalue weighted by Crippen LogP contribution is 2.28. The zero-order valence-corrected chi connectivity index (χ0v) is 13.3. The molecule has 8 heteroatoms. The van der Waals surface area contributed by atoms with Crippen molar-refractivity contribution >= 4 is 17.5 Å². The molecule has 0 spiro atoms. The molecule has 0 unspecified atom stereocenters. The van der Waals surface area contributed by atoms with E-state index >= 15 is 0 Å². The zero-order chi connectivity index (χ0) is 16.6. The maximum atomic E-state index is 13.3. The first kappa shape index (κ1) is 15.9. The summed E-state index contributed by atoms with van der Waals surface area (Å²) in [6.07, 6.45) is 1.87. The molecule has 0 bridgehead atoms. The smallest absolute Gasteiger partial charge is 0.276 e. The highest BCUT2D eigenvalue weighted by atomic mass is 35.5. The number of amides is 1. The van der Waals surface area contributed by atoms with Crippen LogP contribution >= 0.6 is 11.6 Å². The average Bonchev–Trinajstić information content (AvgIpc) is 3.29. The standard InChI is InChI=1S/C15H16ClFN4O2/c1-9-14(15(23)20(6-7-22)10-2-3-10)18-19-21(9)11-4-5-13(17)12(16)8-11/h4-5,8,10,22H,2-3,6-7H2,1H3. The molecule has 23 heavy (non-hydrogen) atoms. The van der Waals surface area contributed by atoms with Crippen molar-refractivity contribution < 1.29 is 14.3 Å². The van der Waals surface area contributed by atoms with Crippen molar-refractivity contribution in [3.8, 4) is 5.69 Å². The lowest BCUT2D eigenvalue weighted by Crippen LogP contribution is -2.36. The fourth-order valence-electron chi connectivity index (χ4n) is 2.47. The van der Waals surface area contributed by atoms with Crippen LogP contribution in [-0.4, -0.2) is 50.1 Å². The van der Waals surface area contributed by atoms with E-state index in [-0.39, 0.29) is 35.8 Å². The Labute approximate surface area is 137 Å². The number of hydrogen-bond donors (Lipinski definition) is 1. The van der Waals surface area contributed by atoms with Gasteiger partial charge in [0.1, 0.15) is 5.82 Å². The van der Waals surface area contributed by atoms with Gasteiger partial charge in [0.05, 0.1) is 23.0 Å². The summed E-state index contributed by atoms with van der Waals surface area (Å²) in [5.74, 6) is -0.772. The van der Waals surface area contributed by atoms with Gasteiger partial charge in [-0.15, -0.1) is 5.10 Å². The number of benzene rings is 1. The molecule has 1 aliphatic carbocycles. The van der Waals surface area contributed by atoms with Crippen LogP contribution in [0, 0.1) is 12.7 Å². The van der Waals surface area contributed by atoms with E-state index in [1.807, 2.05) is 0 Å². The second-order valence-corrected chi connectivity index (χ2v) is 5.89. The molecule has 1 aromatic carbocycles. The van der Waals surface area contributed by atoms with Crippen molar-refractivity contribution in [3.63, 3.8) is 0 Å². The first-order chi connectivity index (χ1) is 11.0. The quantitative estimate of drug-likeness (QED) is 0.904. The van der Waals surface area contributed by atoms with Crippen molar-refractivity contribution in [1.29, 1.82) is 0 Å². The van der Waals surface area contributed by atoms with Crippen molar-refractivity contribution in [2.45, 2.75) is 25.8 Å². The number of carbonyl (C=O) groups is 1. The van der Waals surface area contributed by atoms with Gasteiger partial charge in [0.2, 0.25) is 0 Å². The zero-order valence-electron chi connectivity index (χ0n) is 12.5. The van der Waals surface area contributed by atoms with Crippen molar-refractivity contribution in [1.82, 2.24) is 19.9 Å². The molecular formula is C15H16ClFN4O2. The van der Waals surface area contributed by atoms with Crippen molar-refractivity contribution in [3.05, 3.63) is 40.4 Å². The fourth-order valence-corrected chi connectivity index (χ4v) is 2.64. The summed E-state index contributed by atoms with van der Waals surface area (Å²) < 4.78 is 14.7.